The lowest BCUT2D eigenvalue weighted by Crippen LogP contribution is -2.46. The van der Waals surface area contributed by atoms with Gasteiger partial charge in [0, 0.05) is 7.05 Å². The highest BCUT2D eigenvalue weighted by Crippen LogP contribution is 2.44. The first-order valence-electron chi connectivity index (χ1n) is 17.4. The molecule has 0 aliphatic rings. The monoisotopic (exact) mass is 695 g/mol. The summed E-state index contributed by atoms with van der Waals surface area (Å²) in [5.74, 6) is -1.57. The lowest BCUT2D eigenvalue weighted by Gasteiger charge is -2.29. The maximum atomic E-state index is 13.5. The van der Waals surface area contributed by atoms with Crippen LogP contribution in [0.15, 0.2) is 0 Å². The number of guanidine groups is 1. The molecule has 14 nitrogen and oxygen atoms in total. The fraction of sp³-hybridized carbons (Fsp3) is 0.875. The van der Waals surface area contributed by atoms with Crippen LogP contribution in [0.5, 0.6) is 0 Å². The smallest absolute Gasteiger partial charge is 0.480 e. The van der Waals surface area contributed by atoms with Gasteiger partial charge in [-0.3, -0.25) is 19.5 Å². The first kappa shape index (κ1) is 44.4. The van der Waals surface area contributed by atoms with Gasteiger partial charge in [0.15, 0.2) is 0 Å². The second-order valence-corrected chi connectivity index (χ2v) is 13.1. The summed E-state index contributed by atoms with van der Waals surface area (Å²) in [5, 5.41) is 20.1. The van der Waals surface area contributed by atoms with E-state index in [4.69, 9.17) is 33.4 Å². The quantitative estimate of drug-likeness (QED) is 0.0216. The SMILES string of the molecule is CCCCCCCCOC(=O)OCCCCOP(=O)(NC(=N)N(C)C(CC)C(=O)O)OCCCCOC(=O)OCCCCCCCC. The van der Waals surface area contributed by atoms with Gasteiger partial charge in [-0.25, -0.2) is 18.9 Å². The Morgan fingerprint density at radius 3 is 1.34 bits per heavy atom. The highest BCUT2D eigenvalue weighted by atomic mass is 31.2. The molecule has 0 saturated heterocycles. The van der Waals surface area contributed by atoms with Crippen LogP contribution in [0.1, 0.15) is 130 Å². The molecule has 276 valence electrons. The number of ether oxygens (including phenoxy) is 4. The number of nitrogens with one attached hydrogen (secondary N) is 2. The topological polar surface area (TPSA) is 183 Å². The summed E-state index contributed by atoms with van der Waals surface area (Å²) in [7, 11) is -2.68. The number of hydrogen-bond acceptors (Lipinski definition) is 11. The average molecular weight is 696 g/mol. The fourth-order valence-electron chi connectivity index (χ4n) is 4.33. The Morgan fingerprint density at radius 2 is 0.979 bits per heavy atom. The summed E-state index contributed by atoms with van der Waals surface area (Å²) in [6.07, 6.45) is 13.3. The molecule has 0 aliphatic heterocycles. The van der Waals surface area contributed by atoms with E-state index in [2.05, 4.69) is 18.9 Å². The maximum absolute atomic E-state index is 13.5. The molecule has 47 heavy (non-hydrogen) atoms. The van der Waals surface area contributed by atoms with Crippen LogP contribution < -0.4 is 5.09 Å². The summed E-state index contributed by atoms with van der Waals surface area (Å²) in [6, 6.07) is -1.01. The summed E-state index contributed by atoms with van der Waals surface area (Å²) in [6.45, 7) is 6.71. The summed E-state index contributed by atoms with van der Waals surface area (Å²) >= 11 is 0. The maximum Gasteiger partial charge on any atom is 0.508 e. The van der Waals surface area contributed by atoms with Crippen LogP contribution in [-0.4, -0.2) is 87.0 Å². The van der Waals surface area contributed by atoms with Crippen LogP contribution in [0.2, 0.25) is 0 Å². The Kier molecular flexibility index (Phi) is 27.9. The van der Waals surface area contributed by atoms with E-state index in [9.17, 15) is 24.1 Å². The number of nitrogens with zero attached hydrogens (tertiary/aromatic N) is 1. The predicted octanol–water partition coefficient (Wildman–Crippen LogP) is 8.03. The summed E-state index contributed by atoms with van der Waals surface area (Å²) in [4.78, 5) is 36.2. The van der Waals surface area contributed by atoms with E-state index in [1.54, 1.807) is 6.92 Å². The molecule has 0 aliphatic carbocycles. The van der Waals surface area contributed by atoms with E-state index in [1.165, 1.54) is 45.6 Å². The largest absolute Gasteiger partial charge is 0.508 e. The standard InChI is InChI=1S/C32H62N3O11P/c1-5-8-10-12-14-16-22-41-31(38)43-24-18-20-26-45-47(40,34-30(33)35(4)28(7-3)29(36)37)46-27-21-19-25-44-32(39)42-23-17-15-13-11-9-6-2/h28H,5-27H2,1-4H3,(H,36,37)(H2,33,34,40). The number of hydrogen-bond donors (Lipinski definition) is 3. The van der Waals surface area contributed by atoms with Gasteiger partial charge in [-0.2, -0.15) is 0 Å². The zero-order valence-electron chi connectivity index (χ0n) is 29.3. The third-order valence-corrected chi connectivity index (χ3v) is 8.74. The molecule has 0 fully saturated rings. The normalized spacial score (nSPS) is 11.8. The van der Waals surface area contributed by atoms with Crippen LogP contribution in [0.4, 0.5) is 9.59 Å². The first-order valence-corrected chi connectivity index (χ1v) is 18.9. The van der Waals surface area contributed by atoms with Gasteiger partial charge in [0.25, 0.3) is 0 Å². The van der Waals surface area contributed by atoms with Crippen molar-refractivity contribution in [1.29, 1.82) is 5.41 Å². The van der Waals surface area contributed by atoms with Crippen LogP contribution in [0, 0.1) is 5.41 Å². The van der Waals surface area contributed by atoms with Crippen LogP contribution in [-0.2, 0) is 37.4 Å². The van der Waals surface area contributed by atoms with E-state index in [-0.39, 0.29) is 32.8 Å². The molecule has 0 heterocycles. The van der Waals surface area contributed by atoms with Gasteiger partial charge in [0.1, 0.15) is 6.04 Å². The minimum atomic E-state index is -4.08. The number of unbranched alkanes of at least 4 members (excludes halogenated alkanes) is 12. The lowest BCUT2D eigenvalue weighted by molar-refractivity contribution is -0.141. The van der Waals surface area contributed by atoms with Crippen molar-refractivity contribution in [2.24, 2.45) is 0 Å². The van der Waals surface area contributed by atoms with Crippen LogP contribution in [0.25, 0.3) is 0 Å². The zero-order chi connectivity index (χ0) is 35.2. The molecular formula is C32H62N3O11P. The average Bonchev–Trinajstić information content (AvgIpc) is 3.03. The van der Waals surface area contributed by atoms with Crippen LogP contribution >= 0.6 is 7.75 Å². The molecule has 0 spiro atoms. The van der Waals surface area contributed by atoms with Crippen molar-refractivity contribution in [3.63, 3.8) is 0 Å². The number of aliphatic carboxylic acids is 1. The van der Waals surface area contributed by atoms with Gasteiger partial charge in [-0.15, -0.1) is 0 Å². The van der Waals surface area contributed by atoms with Gasteiger partial charge in [0.05, 0.1) is 39.6 Å². The van der Waals surface area contributed by atoms with Gasteiger partial charge < -0.3 is 29.0 Å². The van der Waals surface area contributed by atoms with E-state index in [1.807, 2.05) is 0 Å². The lowest BCUT2D eigenvalue weighted by atomic mass is 10.1. The van der Waals surface area contributed by atoms with E-state index in [0.29, 0.717) is 38.9 Å². The minimum Gasteiger partial charge on any atom is -0.480 e. The number of likely N-dealkylation sites (N-methyl/N-ethyl adjacent to an activating group) is 1. The molecule has 0 aromatic carbocycles. The Hall–Kier alpha value is -2.57. The molecule has 3 N–H and O–H groups in total. The summed E-state index contributed by atoms with van der Waals surface area (Å²) < 4.78 is 44.8. The number of carboxylic acid groups (broad SMARTS) is 1. The highest BCUT2D eigenvalue weighted by Gasteiger charge is 2.31. The molecule has 0 rings (SSSR count). The van der Waals surface area contributed by atoms with E-state index >= 15 is 0 Å². The molecule has 0 aromatic rings. The molecule has 1 atom stereocenters. The van der Waals surface area contributed by atoms with Crippen molar-refractivity contribution in [3.05, 3.63) is 0 Å². The molecule has 1 unspecified atom stereocenters. The van der Waals surface area contributed by atoms with Crippen LogP contribution in [0.3, 0.4) is 0 Å². The highest BCUT2D eigenvalue weighted by molar-refractivity contribution is 7.52. The predicted molar refractivity (Wildman–Crippen MR) is 180 cm³/mol. The van der Waals surface area contributed by atoms with Crippen molar-refractivity contribution >= 4 is 32.0 Å². The van der Waals surface area contributed by atoms with Crippen molar-refractivity contribution < 1.29 is 52.1 Å². The molecule has 0 bridgehead atoms. The van der Waals surface area contributed by atoms with E-state index in [0.717, 1.165) is 43.4 Å². The van der Waals surface area contributed by atoms with Crippen molar-refractivity contribution in [2.45, 2.75) is 136 Å². The second kappa shape index (κ2) is 29.6. The zero-order valence-corrected chi connectivity index (χ0v) is 30.2. The second-order valence-electron chi connectivity index (χ2n) is 11.3. The number of rotatable bonds is 30. The molecule has 15 heteroatoms. The Morgan fingerprint density at radius 1 is 0.638 bits per heavy atom. The van der Waals surface area contributed by atoms with Gasteiger partial charge in [0.2, 0.25) is 5.96 Å². The molecule has 0 saturated carbocycles. The fourth-order valence-corrected chi connectivity index (χ4v) is 5.69. The first-order chi connectivity index (χ1) is 22.6. The molecule has 0 aromatic heterocycles. The van der Waals surface area contributed by atoms with Gasteiger partial charge >= 0.3 is 26.0 Å². The van der Waals surface area contributed by atoms with Crippen molar-refractivity contribution in [2.75, 3.05) is 46.7 Å². The van der Waals surface area contributed by atoms with Gasteiger partial charge in [-0.1, -0.05) is 85.0 Å². The Labute approximate surface area is 282 Å². The molecule has 0 radical (unpaired) electrons. The molecular weight excluding hydrogens is 633 g/mol. The number of carbonyl (C=O) groups excluding carboxylic acids is 2. The summed E-state index contributed by atoms with van der Waals surface area (Å²) in [5.41, 5.74) is 0. The third-order valence-electron chi connectivity index (χ3n) is 7.21. The van der Waals surface area contributed by atoms with Gasteiger partial charge in [-0.05, 0) is 44.9 Å². The minimum absolute atomic E-state index is 0.0405. The van der Waals surface area contributed by atoms with Crippen molar-refractivity contribution in [1.82, 2.24) is 9.99 Å². The van der Waals surface area contributed by atoms with Crippen molar-refractivity contribution in [3.8, 4) is 0 Å². The molecule has 0 amide bonds. The third kappa shape index (κ3) is 25.2. The Bertz CT molecular complexity index is 848. The number of carboxylic acids is 1. The van der Waals surface area contributed by atoms with E-state index < -0.39 is 38.0 Å². The Balaban J connectivity index is 4.54. The number of carbonyl (C=O) groups is 3.